The molecule has 6 aromatic carbocycles. The predicted molar refractivity (Wildman–Crippen MR) is 248 cm³/mol. The number of aryl methyl sites for hydroxylation is 12. The molecule has 0 saturated heterocycles. The zero-order valence-corrected chi connectivity index (χ0v) is 38.3. The van der Waals surface area contributed by atoms with Crippen molar-refractivity contribution in [3.63, 3.8) is 0 Å². The van der Waals surface area contributed by atoms with Crippen LogP contribution < -0.4 is 31.8 Å². The summed E-state index contributed by atoms with van der Waals surface area (Å²) in [5, 5.41) is 9.12. The van der Waals surface area contributed by atoms with Crippen LogP contribution in [0.5, 0.6) is 0 Å². The summed E-state index contributed by atoms with van der Waals surface area (Å²) >= 11 is 0. The average molecular weight is 855 g/mol. The van der Waals surface area contributed by atoms with E-state index in [0.29, 0.717) is 0 Å². The van der Waals surface area contributed by atoms with Crippen LogP contribution in [0.25, 0.3) is 0 Å². The van der Waals surface area contributed by atoms with Crippen LogP contribution in [0.3, 0.4) is 0 Å². The smallest absolute Gasteiger partial charge is 0.00923 e. The molecule has 52 heavy (non-hydrogen) atoms. The highest BCUT2D eigenvalue weighted by molar-refractivity contribution is 8.93. The second-order valence-electron chi connectivity index (χ2n) is 14.1. The van der Waals surface area contributed by atoms with Crippen molar-refractivity contribution in [2.45, 2.75) is 83.1 Å². The first-order valence-corrected chi connectivity index (χ1v) is 20.5. The second kappa shape index (κ2) is 18.9. The van der Waals surface area contributed by atoms with E-state index in [1.54, 1.807) is 0 Å². The maximum Gasteiger partial charge on any atom is -0.00923 e. The van der Waals surface area contributed by atoms with Crippen LogP contribution in [0.1, 0.15) is 66.8 Å². The highest BCUT2D eigenvalue weighted by atomic mass is 79.9. The van der Waals surface area contributed by atoms with Crippen molar-refractivity contribution in [2.24, 2.45) is 0 Å². The third-order valence-corrected chi connectivity index (χ3v) is 16.9. The molecule has 0 atom stereocenters. The molecule has 0 radical (unpaired) electrons. The van der Waals surface area contributed by atoms with Crippen LogP contribution in [0.2, 0.25) is 0 Å². The summed E-state index contributed by atoms with van der Waals surface area (Å²) in [6, 6.07) is 40.2. The van der Waals surface area contributed by atoms with Gasteiger partial charge in [0.15, 0.2) is 0 Å². The summed E-state index contributed by atoms with van der Waals surface area (Å²) in [4.78, 5) is 0. The third kappa shape index (κ3) is 9.08. The van der Waals surface area contributed by atoms with E-state index in [-0.39, 0.29) is 34.0 Å². The zero-order valence-electron chi connectivity index (χ0n) is 33.1. The molecule has 0 fully saturated rings. The summed E-state index contributed by atoms with van der Waals surface area (Å²) < 4.78 is 0. The van der Waals surface area contributed by atoms with E-state index in [1.165, 1.54) is 98.6 Å². The van der Waals surface area contributed by atoms with E-state index in [2.05, 4.69) is 192 Å². The molecule has 272 valence electrons. The summed E-state index contributed by atoms with van der Waals surface area (Å²) in [6.45, 7) is 27.2. The normalized spacial score (nSPS) is 10.7. The molecule has 0 heterocycles. The van der Waals surface area contributed by atoms with E-state index >= 15 is 0 Å². The molecule has 6 aromatic rings. The van der Waals surface area contributed by atoms with E-state index in [1.807, 2.05) is 0 Å². The number of benzene rings is 6. The summed E-state index contributed by atoms with van der Waals surface area (Å²) in [7, 11) is -1.14. The van der Waals surface area contributed by atoms with Gasteiger partial charge in [0.25, 0.3) is 0 Å². The molecule has 4 heteroatoms. The lowest BCUT2D eigenvalue weighted by Crippen LogP contribution is -2.29. The standard InChI is InChI=1S/2C24H27P.2BrH/c2*1-16-10-7-11-17(2)22(16)25(23-18(3)12-8-13-19(23)4)24-20(5)14-9-15-21(24)6;;/h2*7-15H,1-6H3;2*1H. The van der Waals surface area contributed by atoms with Gasteiger partial charge in [-0.2, -0.15) is 0 Å². The fourth-order valence-corrected chi connectivity index (χ4v) is 14.1. The molecule has 0 bridgehead atoms. The van der Waals surface area contributed by atoms with Gasteiger partial charge in [-0.15, -0.1) is 34.0 Å². The Hall–Kier alpha value is -2.86. The molecule has 6 rings (SSSR count). The van der Waals surface area contributed by atoms with Crippen LogP contribution >= 0.6 is 49.8 Å². The quantitative estimate of drug-likeness (QED) is 0.146. The minimum Gasteiger partial charge on any atom is -0.114 e. The van der Waals surface area contributed by atoms with Crippen molar-refractivity contribution in [2.75, 3.05) is 0 Å². The Morgan fingerprint density at radius 2 is 0.308 bits per heavy atom. The van der Waals surface area contributed by atoms with Gasteiger partial charge in [-0.05, 0) is 198 Å². The molecule has 0 aromatic heterocycles. The minimum atomic E-state index is -0.571. The highest BCUT2D eigenvalue weighted by Crippen LogP contribution is 2.41. The number of hydrogen-bond donors (Lipinski definition) is 0. The second-order valence-corrected chi connectivity index (χ2v) is 18.1. The topological polar surface area (TPSA) is 0 Å². The monoisotopic (exact) mass is 852 g/mol. The summed E-state index contributed by atoms with van der Waals surface area (Å²) in [6.07, 6.45) is 0. The van der Waals surface area contributed by atoms with Crippen LogP contribution in [-0.4, -0.2) is 0 Å². The van der Waals surface area contributed by atoms with Gasteiger partial charge in [0.2, 0.25) is 0 Å². The van der Waals surface area contributed by atoms with Gasteiger partial charge in [-0.3, -0.25) is 0 Å². The van der Waals surface area contributed by atoms with Crippen molar-refractivity contribution in [1.29, 1.82) is 0 Å². The van der Waals surface area contributed by atoms with Crippen molar-refractivity contribution < 1.29 is 0 Å². The van der Waals surface area contributed by atoms with Gasteiger partial charge >= 0.3 is 0 Å². The van der Waals surface area contributed by atoms with Crippen molar-refractivity contribution in [1.82, 2.24) is 0 Å². The van der Waals surface area contributed by atoms with Crippen molar-refractivity contribution in [3.05, 3.63) is 176 Å². The van der Waals surface area contributed by atoms with Gasteiger partial charge in [0.1, 0.15) is 0 Å². The molecule has 0 N–H and O–H groups in total. The lowest BCUT2D eigenvalue weighted by molar-refractivity contribution is 1.40. The number of rotatable bonds is 6. The maximum absolute atomic E-state index is 2.26. The van der Waals surface area contributed by atoms with Crippen molar-refractivity contribution in [3.8, 4) is 0 Å². The van der Waals surface area contributed by atoms with E-state index in [4.69, 9.17) is 0 Å². The molecule has 0 nitrogen and oxygen atoms in total. The maximum atomic E-state index is 2.26. The molecule has 0 saturated carbocycles. The number of halogens is 2. The molecule has 0 aliphatic rings. The molecular weight excluding hydrogens is 798 g/mol. The lowest BCUT2D eigenvalue weighted by atomic mass is 10.1. The summed E-state index contributed by atoms with van der Waals surface area (Å²) in [5.74, 6) is 0. The SMILES string of the molecule is Br.Br.Cc1cccc(C)c1P(c1c(C)cccc1C)c1c(C)cccc1C.Cc1cccc(C)c1P(c1c(C)cccc1C)c1c(C)cccc1C. The zero-order chi connectivity index (χ0) is 36.3. The molecule has 0 aliphatic carbocycles. The molecule has 0 unspecified atom stereocenters. The lowest BCUT2D eigenvalue weighted by Gasteiger charge is -2.29. The average Bonchev–Trinajstić information content (AvgIpc) is 3.04. The Balaban J connectivity index is 0.000000270. The van der Waals surface area contributed by atoms with Crippen molar-refractivity contribution >= 4 is 81.6 Å². The fourth-order valence-electron chi connectivity index (χ4n) is 7.62. The molecule has 0 spiro atoms. The van der Waals surface area contributed by atoms with Gasteiger partial charge in [-0.1, -0.05) is 109 Å². The fraction of sp³-hybridized carbons (Fsp3) is 0.250. The first-order chi connectivity index (χ1) is 23.8. The first kappa shape index (κ1) is 43.5. The summed E-state index contributed by atoms with van der Waals surface area (Å²) in [5.41, 5.74) is 16.8. The minimum absolute atomic E-state index is 0. The van der Waals surface area contributed by atoms with Gasteiger partial charge < -0.3 is 0 Å². The Bertz CT molecular complexity index is 1640. The molecule has 0 aliphatic heterocycles. The highest BCUT2D eigenvalue weighted by Gasteiger charge is 2.27. The Kier molecular flexibility index (Phi) is 15.9. The van der Waals surface area contributed by atoms with Gasteiger partial charge in [-0.25, -0.2) is 0 Å². The largest absolute Gasteiger partial charge is 0.114 e. The first-order valence-electron chi connectivity index (χ1n) is 17.8. The van der Waals surface area contributed by atoms with Gasteiger partial charge in [0.05, 0.1) is 0 Å². The van der Waals surface area contributed by atoms with Crippen LogP contribution in [0.4, 0.5) is 0 Å². The van der Waals surface area contributed by atoms with Crippen LogP contribution in [-0.2, 0) is 0 Å². The van der Waals surface area contributed by atoms with E-state index in [0.717, 1.165) is 0 Å². The number of hydrogen-bond acceptors (Lipinski definition) is 0. The van der Waals surface area contributed by atoms with Gasteiger partial charge in [0, 0.05) is 0 Å². The molecule has 0 amide bonds. The Morgan fingerprint density at radius 1 is 0.212 bits per heavy atom. The Morgan fingerprint density at radius 3 is 0.404 bits per heavy atom. The molecular formula is C48H56Br2P2. The Labute approximate surface area is 338 Å². The predicted octanol–water partition coefficient (Wildman–Crippen LogP) is 11.7. The van der Waals surface area contributed by atoms with E-state index < -0.39 is 15.8 Å². The van der Waals surface area contributed by atoms with Crippen LogP contribution in [0, 0.1) is 83.1 Å². The van der Waals surface area contributed by atoms with Crippen LogP contribution in [0.15, 0.2) is 109 Å². The van der Waals surface area contributed by atoms with E-state index in [9.17, 15) is 0 Å². The third-order valence-electron chi connectivity index (χ3n) is 9.98.